The Kier molecular flexibility index (Phi) is 4.70. The molecule has 0 saturated heterocycles. The highest BCUT2D eigenvalue weighted by atomic mass is 35.5. The van der Waals surface area contributed by atoms with Crippen LogP contribution in [0.5, 0.6) is 0 Å². The van der Waals surface area contributed by atoms with Crippen LogP contribution in [0.25, 0.3) is 11.0 Å². The number of halogens is 2. The highest BCUT2D eigenvalue weighted by Crippen LogP contribution is 2.27. The van der Waals surface area contributed by atoms with Crippen LogP contribution in [-0.2, 0) is 11.8 Å². The van der Waals surface area contributed by atoms with Crippen LogP contribution in [0.4, 0.5) is 5.69 Å². The first-order valence-electron chi connectivity index (χ1n) is 6.55. The molecule has 1 amide bonds. The van der Waals surface area contributed by atoms with Crippen LogP contribution in [0.3, 0.4) is 0 Å². The number of amides is 1. The number of thioether (sulfide) groups is 1. The van der Waals surface area contributed by atoms with Gasteiger partial charge in [-0.3, -0.25) is 9.48 Å². The zero-order valence-electron chi connectivity index (χ0n) is 12.0. The SMILES string of the molecule is Cn1ncc2c(SCC(=O)Nc3cc(Cl)ccc3Cl)ncnc21. The van der Waals surface area contributed by atoms with Crippen molar-refractivity contribution in [1.82, 2.24) is 19.7 Å². The number of aryl methyl sites for hydroxylation is 1. The Morgan fingerprint density at radius 2 is 2.17 bits per heavy atom. The fourth-order valence-electron chi connectivity index (χ4n) is 1.97. The van der Waals surface area contributed by atoms with Crippen molar-refractivity contribution in [2.45, 2.75) is 5.03 Å². The Bertz CT molecular complexity index is 883. The maximum atomic E-state index is 12.1. The monoisotopic (exact) mass is 367 g/mol. The van der Waals surface area contributed by atoms with Crippen LogP contribution in [0.1, 0.15) is 0 Å². The number of carbonyl (C=O) groups is 1. The van der Waals surface area contributed by atoms with Crippen molar-refractivity contribution >= 4 is 57.6 Å². The normalized spacial score (nSPS) is 10.9. The molecule has 0 radical (unpaired) electrons. The predicted octanol–water partition coefficient (Wildman–Crippen LogP) is 3.40. The van der Waals surface area contributed by atoms with Gasteiger partial charge in [0.2, 0.25) is 5.91 Å². The van der Waals surface area contributed by atoms with Crippen LogP contribution in [-0.4, -0.2) is 31.4 Å². The molecule has 1 aromatic carbocycles. The molecule has 2 heterocycles. The summed E-state index contributed by atoms with van der Waals surface area (Å²) in [5.41, 5.74) is 1.21. The van der Waals surface area contributed by atoms with Crippen molar-refractivity contribution in [2.24, 2.45) is 7.05 Å². The molecule has 0 aliphatic heterocycles. The number of nitrogens with zero attached hydrogens (tertiary/aromatic N) is 4. The van der Waals surface area contributed by atoms with Crippen LogP contribution >= 0.6 is 35.0 Å². The van der Waals surface area contributed by atoms with Gasteiger partial charge in [0.1, 0.15) is 11.4 Å². The number of hydrogen-bond donors (Lipinski definition) is 1. The van der Waals surface area contributed by atoms with E-state index in [0.29, 0.717) is 20.8 Å². The third kappa shape index (κ3) is 3.57. The topological polar surface area (TPSA) is 72.7 Å². The van der Waals surface area contributed by atoms with Gasteiger partial charge >= 0.3 is 0 Å². The first kappa shape index (κ1) is 16.0. The average Bonchev–Trinajstić information content (AvgIpc) is 2.91. The first-order chi connectivity index (χ1) is 11.0. The van der Waals surface area contributed by atoms with E-state index in [9.17, 15) is 4.79 Å². The van der Waals surface area contributed by atoms with Gasteiger partial charge in [-0.15, -0.1) is 0 Å². The van der Waals surface area contributed by atoms with Crippen LogP contribution < -0.4 is 5.32 Å². The maximum Gasteiger partial charge on any atom is 0.234 e. The van der Waals surface area contributed by atoms with Gasteiger partial charge < -0.3 is 5.32 Å². The molecule has 1 N–H and O–H groups in total. The molecule has 6 nitrogen and oxygen atoms in total. The third-order valence-electron chi connectivity index (χ3n) is 3.04. The minimum absolute atomic E-state index is 0.184. The van der Waals surface area contributed by atoms with Gasteiger partial charge in [0.15, 0.2) is 5.65 Å². The van der Waals surface area contributed by atoms with Crippen LogP contribution in [0.2, 0.25) is 10.0 Å². The Balaban J connectivity index is 1.70. The van der Waals surface area contributed by atoms with Crippen molar-refractivity contribution in [3.8, 4) is 0 Å². The lowest BCUT2D eigenvalue weighted by molar-refractivity contribution is -0.113. The summed E-state index contributed by atoms with van der Waals surface area (Å²) in [4.78, 5) is 20.5. The van der Waals surface area contributed by atoms with Crippen molar-refractivity contribution in [1.29, 1.82) is 0 Å². The summed E-state index contributed by atoms with van der Waals surface area (Å²) < 4.78 is 1.66. The molecule has 3 rings (SSSR count). The lowest BCUT2D eigenvalue weighted by Gasteiger charge is -2.07. The van der Waals surface area contributed by atoms with Crippen molar-refractivity contribution < 1.29 is 4.79 Å². The molecular formula is C14H11Cl2N5OS. The number of rotatable bonds is 4. The minimum atomic E-state index is -0.199. The number of fused-ring (bicyclic) bond motifs is 1. The van der Waals surface area contributed by atoms with E-state index in [0.717, 1.165) is 11.0 Å². The molecule has 0 fully saturated rings. The van der Waals surface area contributed by atoms with Gasteiger partial charge in [0, 0.05) is 12.1 Å². The van der Waals surface area contributed by atoms with E-state index in [2.05, 4.69) is 20.4 Å². The van der Waals surface area contributed by atoms with Crippen molar-refractivity contribution in [2.75, 3.05) is 11.1 Å². The minimum Gasteiger partial charge on any atom is -0.324 e. The van der Waals surface area contributed by atoms with Gasteiger partial charge in [0.05, 0.1) is 28.0 Å². The quantitative estimate of drug-likeness (QED) is 0.565. The largest absolute Gasteiger partial charge is 0.324 e. The molecule has 3 aromatic rings. The van der Waals surface area contributed by atoms with Gasteiger partial charge in [-0.2, -0.15) is 5.10 Å². The second-order valence-corrected chi connectivity index (χ2v) is 6.45. The molecule has 118 valence electrons. The van der Waals surface area contributed by atoms with Crippen LogP contribution in [0, 0.1) is 0 Å². The highest BCUT2D eigenvalue weighted by molar-refractivity contribution is 8.00. The standard InChI is InChI=1S/C14H11Cl2N5OS/c1-21-13-9(5-19-21)14(18-7-17-13)23-6-12(22)20-11-4-8(15)2-3-10(11)16/h2-5,7H,6H2,1H3,(H,20,22). The van der Waals surface area contributed by atoms with E-state index in [-0.39, 0.29) is 11.7 Å². The Morgan fingerprint density at radius 1 is 1.35 bits per heavy atom. The Labute approximate surface area is 146 Å². The lowest BCUT2D eigenvalue weighted by atomic mass is 10.3. The van der Waals surface area contributed by atoms with E-state index in [1.807, 2.05) is 0 Å². The van der Waals surface area contributed by atoms with Gasteiger partial charge in [-0.05, 0) is 18.2 Å². The fraction of sp³-hybridized carbons (Fsp3) is 0.143. The Morgan fingerprint density at radius 3 is 3.00 bits per heavy atom. The molecule has 0 aliphatic carbocycles. The lowest BCUT2D eigenvalue weighted by Crippen LogP contribution is -2.14. The van der Waals surface area contributed by atoms with Crippen molar-refractivity contribution in [3.63, 3.8) is 0 Å². The number of carbonyl (C=O) groups excluding carboxylic acids is 1. The summed E-state index contributed by atoms with van der Waals surface area (Å²) in [7, 11) is 1.80. The number of benzene rings is 1. The number of aromatic nitrogens is 4. The zero-order chi connectivity index (χ0) is 16.4. The van der Waals surface area contributed by atoms with E-state index in [1.54, 1.807) is 36.1 Å². The van der Waals surface area contributed by atoms with Gasteiger partial charge in [-0.1, -0.05) is 35.0 Å². The van der Waals surface area contributed by atoms with E-state index in [4.69, 9.17) is 23.2 Å². The van der Waals surface area contributed by atoms with E-state index >= 15 is 0 Å². The number of hydrogen-bond acceptors (Lipinski definition) is 5. The molecule has 2 aromatic heterocycles. The zero-order valence-corrected chi connectivity index (χ0v) is 14.3. The van der Waals surface area contributed by atoms with Crippen molar-refractivity contribution in [3.05, 3.63) is 40.8 Å². The van der Waals surface area contributed by atoms with E-state index < -0.39 is 0 Å². The average molecular weight is 368 g/mol. The summed E-state index contributed by atoms with van der Waals surface area (Å²) in [6.45, 7) is 0. The van der Waals surface area contributed by atoms with Crippen LogP contribution in [0.15, 0.2) is 35.7 Å². The number of anilines is 1. The molecule has 0 spiro atoms. The molecule has 0 bridgehead atoms. The third-order valence-corrected chi connectivity index (χ3v) is 4.61. The molecule has 9 heteroatoms. The second-order valence-electron chi connectivity index (χ2n) is 4.65. The predicted molar refractivity (Wildman–Crippen MR) is 92.1 cm³/mol. The fourth-order valence-corrected chi connectivity index (χ4v) is 3.07. The molecule has 0 saturated carbocycles. The van der Waals surface area contributed by atoms with Gasteiger partial charge in [0.25, 0.3) is 0 Å². The maximum absolute atomic E-state index is 12.1. The molecule has 0 unspecified atom stereocenters. The summed E-state index contributed by atoms with van der Waals surface area (Å²) in [6, 6.07) is 4.90. The molecule has 23 heavy (non-hydrogen) atoms. The highest BCUT2D eigenvalue weighted by Gasteiger charge is 2.12. The first-order valence-corrected chi connectivity index (χ1v) is 8.29. The molecule has 0 aliphatic rings. The number of nitrogens with one attached hydrogen (secondary N) is 1. The van der Waals surface area contributed by atoms with E-state index in [1.165, 1.54) is 18.1 Å². The molecular weight excluding hydrogens is 357 g/mol. The Hall–Kier alpha value is -1.83. The summed E-state index contributed by atoms with van der Waals surface area (Å²) >= 11 is 13.2. The smallest absolute Gasteiger partial charge is 0.234 e. The van der Waals surface area contributed by atoms with Gasteiger partial charge in [-0.25, -0.2) is 9.97 Å². The summed E-state index contributed by atoms with van der Waals surface area (Å²) in [5.74, 6) is -0.0149. The summed E-state index contributed by atoms with van der Waals surface area (Å²) in [6.07, 6.45) is 3.14. The summed E-state index contributed by atoms with van der Waals surface area (Å²) in [5, 5.41) is 9.33. The molecule has 0 atom stereocenters. The second kappa shape index (κ2) is 6.74.